The molecule has 2 N–H and O–H groups in total. The molecular formula is C20H19N3O3S. The number of aromatic nitrogens is 1. The number of carbonyl (C=O) groups excluding carboxylic acids is 1. The molecule has 138 valence electrons. The van der Waals surface area contributed by atoms with Gasteiger partial charge in [-0.15, -0.1) is 0 Å². The van der Waals surface area contributed by atoms with E-state index in [2.05, 4.69) is 15.0 Å². The zero-order chi connectivity index (χ0) is 19.4. The molecule has 0 aliphatic rings. The second-order valence-electron chi connectivity index (χ2n) is 6.14. The van der Waals surface area contributed by atoms with Crippen molar-refractivity contribution in [1.29, 1.82) is 0 Å². The summed E-state index contributed by atoms with van der Waals surface area (Å²) < 4.78 is 27.6. The number of pyridine rings is 1. The molecule has 3 aromatic rings. The van der Waals surface area contributed by atoms with E-state index in [-0.39, 0.29) is 10.8 Å². The van der Waals surface area contributed by atoms with Gasteiger partial charge in [-0.3, -0.25) is 14.5 Å². The molecular weight excluding hydrogens is 362 g/mol. The third-order valence-electron chi connectivity index (χ3n) is 3.98. The van der Waals surface area contributed by atoms with Crippen LogP contribution in [0.4, 0.5) is 11.4 Å². The molecule has 0 unspecified atom stereocenters. The van der Waals surface area contributed by atoms with Crippen LogP contribution in [0.1, 0.15) is 21.5 Å². The molecule has 1 heterocycles. The first kappa shape index (κ1) is 18.6. The minimum Gasteiger partial charge on any atom is -0.321 e. The van der Waals surface area contributed by atoms with Crippen molar-refractivity contribution in [3.63, 3.8) is 0 Å². The van der Waals surface area contributed by atoms with E-state index in [0.717, 1.165) is 5.56 Å². The van der Waals surface area contributed by atoms with Crippen molar-refractivity contribution < 1.29 is 13.2 Å². The van der Waals surface area contributed by atoms with Crippen molar-refractivity contribution in [3.8, 4) is 0 Å². The summed E-state index contributed by atoms with van der Waals surface area (Å²) in [6, 6.07) is 14.9. The van der Waals surface area contributed by atoms with Gasteiger partial charge in [0.05, 0.1) is 22.5 Å². The maximum absolute atomic E-state index is 12.5. The average Bonchev–Trinajstić information content (AvgIpc) is 2.64. The number of hydrogen-bond acceptors (Lipinski definition) is 4. The lowest BCUT2D eigenvalue weighted by Crippen LogP contribution is -2.15. The van der Waals surface area contributed by atoms with Gasteiger partial charge in [0.2, 0.25) is 0 Å². The van der Waals surface area contributed by atoms with E-state index in [9.17, 15) is 13.2 Å². The fourth-order valence-corrected chi connectivity index (χ4v) is 3.61. The number of rotatable bonds is 5. The summed E-state index contributed by atoms with van der Waals surface area (Å²) in [6.45, 7) is 3.64. The summed E-state index contributed by atoms with van der Waals surface area (Å²) in [7, 11) is -3.69. The molecule has 1 amide bonds. The normalized spacial score (nSPS) is 11.0. The van der Waals surface area contributed by atoms with Crippen molar-refractivity contribution in [3.05, 3.63) is 83.7 Å². The summed E-state index contributed by atoms with van der Waals surface area (Å²) in [5.41, 5.74) is 3.06. The number of carbonyl (C=O) groups is 1. The van der Waals surface area contributed by atoms with Crippen LogP contribution in [0.3, 0.4) is 0 Å². The van der Waals surface area contributed by atoms with Crippen LogP contribution < -0.4 is 10.0 Å². The average molecular weight is 381 g/mol. The summed E-state index contributed by atoms with van der Waals surface area (Å²) in [6.07, 6.45) is 3.17. The molecule has 1 aromatic heterocycles. The highest BCUT2D eigenvalue weighted by molar-refractivity contribution is 7.92. The van der Waals surface area contributed by atoms with Gasteiger partial charge >= 0.3 is 0 Å². The fraction of sp³-hybridized carbons (Fsp3) is 0.100. The first-order valence-electron chi connectivity index (χ1n) is 8.27. The van der Waals surface area contributed by atoms with Crippen molar-refractivity contribution in [2.45, 2.75) is 18.7 Å². The molecule has 2 aromatic carbocycles. The lowest BCUT2D eigenvalue weighted by atomic mass is 10.1. The topological polar surface area (TPSA) is 88.2 Å². The summed E-state index contributed by atoms with van der Waals surface area (Å²) >= 11 is 0. The van der Waals surface area contributed by atoms with Crippen LogP contribution >= 0.6 is 0 Å². The maximum Gasteiger partial charge on any atom is 0.261 e. The minimum absolute atomic E-state index is 0.186. The standard InChI is InChI=1S/C20H19N3O3S/c1-14-5-8-18(9-6-14)27(25,26)23-19-10-7-16(12-15(19)2)20(24)22-17-4-3-11-21-13-17/h3-13,23H,1-2H3,(H,22,24). The molecule has 0 aliphatic heterocycles. The summed E-state index contributed by atoms with van der Waals surface area (Å²) in [5.74, 6) is -0.293. The van der Waals surface area contributed by atoms with Gasteiger partial charge in [-0.25, -0.2) is 8.42 Å². The Balaban J connectivity index is 1.78. The number of anilines is 2. The number of benzene rings is 2. The number of nitrogens with one attached hydrogen (secondary N) is 2. The van der Waals surface area contributed by atoms with Crippen LogP contribution in [0.2, 0.25) is 0 Å². The highest BCUT2D eigenvalue weighted by Gasteiger charge is 2.16. The van der Waals surface area contributed by atoms with Gasteiger partial charge in [0, 0.05) is 11.8 Å². The van der Waals surface area contributed by atoms with Crippen LogP contribution in [-0.2, 0) is 10.0 Å². The van der Waals surface area contributed by atoms with Crippen molar-refractivity contribution in [1.82, 2.24) is 4.98 Å². The number of aryl methyl sites for hydroxylation is 2. The van der Waals surface area contributed by atoms with Gasteiger partial charge in [0.15, 0.2) is 0 Å². The van der Waals surface area contributed by atoms with E-state index < -0.39 is 10.0 Å². The van der Waals surface area contributed by atoms with Crippen LogP contribution in [-0.4, -0.2) is 19.3 Å². The number of nitrogens with zero attached hydrogens (tertiary/aromatic N) is 1. The molecule has 0 radical (unpaired) electrons. The minimum atomic E-state index is -3.69. The van der Waals surface area contributed by atoms with Crippen molar-refractivity contribution in [2.75, 3.05) is 10.0 Å². The van der Waals surface area contributed by atoms with Gasteiger partial charge in [-0.05, 0) is 61.9 Å². The first-order chi connectivity index (χ1) is 12.8. The predicted molar refractivity (Wildman–Crippen MR) is 105 cm³/mol. The molecule has 3 rings (SSSR count). The fourth-order valence-electron chi connectivity index (χ4n) is 2.48. The van der Waals surface area contributed by atoms with Crippen LogP contribution in [0.15, 0.2) is 71.9 Å². The Kier molecular flexibility index (Phi) is 5.23. The molecule has 0 bridgehead atoms. The van der Waals surface area contributed by atoms with E-state index in [1.54, 1.807) is 73.9 Å². The monoisotopic (exact) mass is 381 g/mol. The van der Waals surface area contributed by atoms with Gasteiger partial charge in [-0.2, -0.15) is 0 Å². The quantitative estimate of drug-likeness (QED) is 0.704. The molecule has 6 nitrogen and oxygen atoms in total. The lowest BCUT2D eigenvalue weighted by molar-refractivity contribution is 0.102. The largest absolute Gasteiger partial charge is 0.321 e. The van der Waals surface area contributed by atoms with Gasteiger partial charge < -0.3 is 5.32 Å². The zero-order valence-electron chi connectivity index (χ0n) is 14.9. The van der Waals surface area contributed by atoms with E-state index in [1.807, 2.05) is 6.92 Å². The Morgan fingerprint density at radius 1 is 1.00 bits per heavy atom. The van der Waals surface area contributed by atoms with Crippen molar-refractivity contribution >= 4 is 27.3 Å². The predicted octanol–water partition coefficient (Wildman–Crippen LogP) is 3.75. The molecule has 0 saturated heterocycles. The van der Waals surface area contributed by atoms with Crippen molar-refractivity contribution in [2.24, 2.45) is 0 Å². The first-order valence-corrected chi connectivity index (χ1v) is 9.75. The molecule has 0 atom stereocenters. The van der Waals surface area contributed by atoms with Crippen LogP contribution in [0, 0.1) is 13.8 Å². The highest BCUT2D eigenvalue weighted by Crippen LogP contribution is 2.22. The molecule has 0 saturated carbocycles. The van der Waals surface area contributed by atoms with E-state index in [0.29, 0.717) is 22.5 Å². The summed E-state index contributed by atoms with van der Waals surface area (Å²) in [4.78, 5) is 16.5. The molecule has 0 fully saturated rings. The molecule has 0 aliphatic carbocycles. The zero-order valence-corrected chi connectivity index (χ0v) is 15.7. The second-order valence-corrected chi connectivity index (χ2v) is 7.83. The van der Waals surface area contributed by atoms with E-state index in [1.165, 1.54) is 0 Å². The Labute approximate surface area is 158 Å². The Morgan fingerprint density at radius 2 is 1.74 bits per heavy atom. The maximum atomic E-state index is 12.5. The van der Waals surface area contributed by atoms with Crippen LogP contribution in [0.5, 0.6) is 0 Å². The Hall–Kier alpha value is -3.19. The van der Waals surface area contributed by atoms with Gasteiger partial charge in [-0.1, -0.05) is 17.7 Å². The Bertz CT molecular complexity index is 1060. The SMILES string of the molecule is Cc1ccc(S(=O)(=O)Nc2ccc(C(=O)Nc3cccnc3)cc2C)cc1. The third kappa shape index (κ3) is 4.51. The van der Waals surface area contributed by atoms with Gasteiger partial charge in [0.25, 0.3) is 15.9 Å². The highest BCUT2D eigenvalue weighted by atomic mass is 32.2. The smallest absolute Gasteiger partial charge is 0.261 e. The van der Waals surface area contributed by atoms with Gasteiger partial charge in [0.1, 0.15) is 0 Å². The number of sulfonamides is 1. The second kappa shape index (κ2) is 7.59. The number of amides is 1. The van der Waals surface area contributed by atoms with Crippen LogP contribution in [0.25, 0.3) is 0 Å². The Morgan fingerprint density at radius 3 is 2.37 bits per heavy atom. The summed E-state index contributed by atoms with van der Waals surface area (Å²) in [5, 5.41) is 2.74. The molecule has 0 spiro atoms. The van der Waals surface area contributed by atoms with E-state index in [4.69, 9.17) is 0 Å². The molecule has 7 heteroatoms. The molecule has 27 heavy (non-hydrogen) atoms. The lowest BCUT2D eigenvalue weighted by Gasteiger charge is -2.12. The van der Waals surface area contributed by atoms with E-state index >= 15 is 0 Å². The third-order valence-corrected chi connectivity index (χ3v) is 5.37. The number of hydrogen-bond donors (Lipinski definition) is 2.